The molecule has 1 aromatic heterocycles. The van der Waals surface area contributed by atoms with Crippen molar-refractivity contribution in [3.8, 4) is 5.88 Å². The molecule has 0 bridgehead atoms. The lowest BCUT2D eigenvalue weighted by Gasteiger charge is -2.23. The summed E-state index contributed by atoms with van der Waals surface area (Å²) in [6.45, 7) is 4.80. The molecule has 2 rings (SSSR count). The molecule has 0 saturated heterocycles. The molecule has 4 nitrogen and oxygen atoms in total. The third kappa shape index (κ3) is 5.16. The van der Waals surface area contributed by atoms with Gasteiger partial charge in [0, 0.05) is 6.04 Å². The molecule has 1 N–H and O–H groups in total. The Kier molecular flexibility index (Phi) is 6.49. The minimum atomic E-state index is -0.115. The van der Waals surface area contributed by atoms with Gasteiger partial charge in [-0.15, -0.1) is 0 Å². The van der Waals surface area contributed by atoms with E-state index in [4.69, 9.17) is 16.3 Å². The van der Waals surface area contributed by atoms with Crippen LogP contribution < -0.4 is 10.1 Å². The van der Waals surface area contributed by atoms with Crippen molar-refractivity contribution in [2.75, 3.05) is 6.61 Å². The minimum absolute atomic E-state index is 0.115. The monoisotopic (exact) mass is 324 g/mol. The first-order valence-electron chi connectivity index (χ1n) is 8.16. The molecule has 1 amide bonds. The van der Waals surface area contributed by atoms with Crippen molar-refractivity contribution in [2.24, 2.45) is 5.92 Å². The average Bonchev–Trinajstić information content (AvgIpc) is 2.48. The molecule has 5 heteroatoms. The van der Waals surface area contributed by atoms with Gasteiger partial charge in [-0.05, 0) is 37.3 Å². The zero-order chi connectivity index (χ0) is 15.9. The predicted octanol–water partition coefficient (Wildman–Crippen LogP) is 4.22. The molecule has 0 spiro atoms. The lowest BCUT2D eigenvalue weighted by atomic mass is 9.95. The van der Waals surface area contributed by atoms with Gasteiger partial charge in [-0.25, -0.2) is 4.98 Å². The van der Waals surface area contributed by atoms with E-state index in [2.05, 4.69) is 24.1 Å². The van der Waals surface area contributed by atoms with Gasteiger partial charge in [-0.3, -0.25) is 4.79 Å². The minimum Gasteiger partial charge on any atom is -0.477 e. The van der Waals surface area contributed by atoms with Gasteiger partial charge in [0.25, 0.3) is 5.91 Å². The van der Waals surface area contributed by atoms with Crippen molar-refractivity contribution in [3.63, 3.8) is 0 Å². The molecule has 0 aromatic carbocycles. The number of carbonyl (C=O) groups excluding carboxylic acids is 1. The Balaban J connectivity index is 2.02. The standard InChI is InChI=1S/C17H25ClN2O2/c1-12(2)10-11-22-17-14(8-9-15(18)20-17)16(21)19-13-6-4-3-5-7-13/h8-9,12-13H,3-7,10-11H2,1-2H3,(H,19,21). The zero-order valence-electron chi connectivity index (χ0n) is 13.4. The molecule has 122 valence electrons. The van der Waals surface area contributed by atoms with Gasteiger partial charge >= 0.3 is 0 Å². The summed E-state index contributed by atoms with van der Waals surface area (Å²) in [6, 6.07) is 3.59. The Morgan fingerprint density at radius 3 is 2.77 bits per heavy atom. The van der Waals surface area contributed by atoms with Crippen molar-refractivity contribution in [1.29, 1.82) is 0 Å². The third-order valence-corrected chi connectivity index (χ3v) is 4.16. The van der Waals surface area contributed by atoms with E-state index < -0.39 is 0 Å². The highest BCUT2D eigenvalue weighted by molar-refractivity contribution is 6.29. The Labute approximate surface area is 137 Å². The molecule has 0 radical (unpaired) electrons. The fraction of sp³-hybridized carbons (Fsp3) is 0.647. The Hall–Kier alpha value is -1.29. The summed E-state index contributed by atoms with van der Waals surface area (Å²) < 4.78 is 5.68. The van der Waals surface area contributed by atoms with Gasteiger partial charge in [-0.2, -0.15) is 0 Å². The van der Waals surface area contributed by atoms with Crippen LogP contribution in [0.3, 0.4) is 0 Å². The average molecular weight is 325 g/mol. The molecule has 0 atom stereocenters. The van der Waals surface area contributed by atoms with Gasteiger partial charge in [0.1, 0.15) is 10.7 Å². The molecular formula is C17H25ClN2O2. The Bertz CT molecular complexity index is 499. The Morgan fingerprint density at radius 1 is 1.36 bits per heavy atom. The number of aromatic nitrogens is 1. The number of rotatable bonds is 6. The van der Waals surface area contributed by atoms with E-state index in [1.54, 1.807) is 12.1 Å². The first-order valence-corrected chi connectivity index (χ1v) is 8.54. The number of pyridine rings is 1. The number of hydrogen-bond donors (Lipinski definition) is 1. The third-order valence-electron chi connectivity index (χ3n) is 3.95. The van der Waals surface area contributed by atoms with Gasteiger partial charge in [0.15, 0.2) is 0 Å². The smallest absolute Gasteiger partial charge is 0.256 e. The highest BCUT2D eigenvalue weighted by Gasteiger charge is 2.20. The van der Waals surface area contributed by atoms with Crippen LogP contribution in [0.4, 0.5) is 0 Å². The number of hydrogen-bond acceptors (Lipinski definition) is 3. The summed E-state index contributed by atoms with van der Waals surface area (Å²) in [5, 5.41) is 3.43. The lowest BCUT2D eigenvalue weighted by Crippen LogP contribution is -2.36. The van der Waals surface area contributed by atoms with Gasteiger partial charge in [-0.1, -0.05) is 44.7 Å². The highest BCUT2D eigenvalue weighted by atomic mass is 35.5. The van der Waals surface area contributed by atoms with Gasteiger partial charge in [0.2, 0.25) is 5.88 Å². The first-order chi connectivity index (χ1) is 10.6. The largest absolute Gasteiger partial charge is 0.477 e. The van der Waals surface area contributed by atoms with E-state index in [1.165, 1.54) is 19.3 Å². The number of carbonyl (C=O) groups is 1. The number of nitrogens with zero attached hydrogens (tertiary/aromatic N) is 1. The van der Waals surface area contributed by atoms with Crippen LogP contribution in [0.25, 0.3) is 0 Å². The lowest BCUT2D eigenvalue weighted by molar-refractivity contribution is 0.0922. The second-order valence-corrected chi connectivity index (χ2v) is 6.71. The molecule has 1 fully saturated rings. The van der Waals surface area contributed by atoms with Crippen LogP contribution in [0.1, 0.15) is 62.7 Å². The molecule has 1 saturated carbocycles. The van der Waals surface area contributed by atoms with Crippen LogP contribution >= 0.6 is 11.6 Å². The van der Waals surface area contributed by atoms with Crippen molar-refractivity contribution in [1.82, 2.24) is 10.3 Å². The molecule has 1 aromatic rings. The quantitative estimate of drug-likeness (QED) is 0.797. The number of halogens is 1. The number of nitrogens with one attached hydrogen (secondary N) is 1. The molecule has 1 aliphatic carbocycles. The van der Waals surface area contributed by atoms with Gasteiger partial charge < -0.3 is 10.1 Å². The highest BCUT2D eigenvalue weighted by Crippen LogP contribution is 2.22. The van der Waals surface area contributed by atoms with Crippen LogP contribution in [-0.2, 0) is 0 Å². The fourth-order valence-electron chi connectivity index (χ4n) is 2.60. The number of ether oxygens (including phenoxy) is 1. The maximum absolute atomic E-state index is 12.5. The van der Waals surface area contributed by atoms with Crippen molar-refractivity contribution in [3.05, 3.63) is 22.8 Å². The molecule has 1 heterocycles. The van der Waals surface area contributed by atoms with Crippen LogP contribution in [0.15, 0.2) is 12.1 Å². The molecule has 22 heavy (non-hydrogen) atoms. The second-order valence-electron chi connectivity index (χ2n) is 6.33. The predicted molar refractivity (Wildman–Crippen MR) is 88.5 cm³/mol. The Morgan fingerprint density at radius 2 is 2.09 bits per heavy atom. The molecule has 1 aliphatic rings. The summed E-state index contributed by atoms with van der Waals surface area (Å²) >= 11 is 5.93. The van der Waals surface area contributed by atoms with Gasteiger partial charge in [0.05, 0.1) is 6.61 Å². The normalized spacial score (nSPS) is 15.8. The summed E-state index contributed by atoms with van der Waals surface area (Å²) in [7, 11) is 0. The van der Waals surface area contributed by atoms with E-state index in [0.717, 1.165) is 19.3 Å². The maximum Gasteiger partial charge on any atom is 0.256 e. The summed E-state index contributed by atoms with van der Waals surface area (Å²) in [4.78, 5) is 16.6. The molecule has 0 aliphatic heterocycles. The molecular weight excluding hydrogens is 300 g/mol. The van der Waals surface area contributed by atoms with Crippen LogP contribution in [0.2, 0.25) is 5.15 Å². The van der Waals surface area contributed by atoms with Crippen molar-refractivity contribution in [2.45, 2.75) is 58.4 Å². The SMILES string of the molecule is CC(C)CCOc1nc(Cl)ccc1C(=O)NC1CCCCC1. The van der Waals surface area contributed by atoms with Crippen molar-refractivity contribution < 1.29 is 9.53 Å². The topological polar surface area (TPSA) is 51.2 Å². The number of amides is 1. The van der Waals surface area contributed by atoms with E-state index in [0.29, 0.717) is 29.1 Å². The summed E-state index contributed by atoms with van der Waals surface area (Å²) in [5.74, 6) is 0.760. The zero-order valence-corrected chi connectivity index (χ0v) is 14.2. The van der Waals surface area contributed by atoms with Crippen LogP contribution in [0, 0.1) is 5.92 Å². The molecule has 0 unspecified atom stereocenters. The fourth-order valence-corrected chi connectivity index (χ4v) is 2.74. The van der Waals surface area contributed by atoms with Crippen molar-refractivity contribution >= 4 is 17.5 Å². The van der Waals surface area contributed by atoms with Crippen LogP contribution in [-0.4, -0.2) is 23.5 Å². The maximum atomic E-state index is 12.5. The van der Waals surface area contributed by atoms with E-state index in [9.17, 15) is 4.79 Å². The summed E-state index contributed by atoms with van der Waals surface area (Å²) in [5.41, 5.74) is 0.471. The van der Waals surface area contributed by atoms with E-state index >= 15 is 0 Å². The first kappa shape index (κ1) is 17.1. The van der Waals surface area contributed by atoms with E-state index in [1.807, 2.05) is 0 Å². The van der Waals surface area contributed by atoms with E-state index in [-0.39, 0.29) is 11.9 Å². The van der Waals surface area contributed by atoms with Crippen LogP contribution in [0.5, 0.6) is 5.88 Å². The summed E-state index contributed by atoms with van der Waals surface area (Å²) in [6.07, 6.45) is 6.64. The second kappa shape index (κ2) is 8.37.